The highest BCUT2D eigenvalue weighted by Crippen LogP contribution is 2.35. The Balaban J connectivity index is 1.89. The van der Waals surface area contributed by atoms with Gasteiger partial charge in [-0.05, 0) is 29.7 Å². The van der Waals surface area contributed by atoms with Gasteiger partial charge in [0.05, 0.1) is 5.56 Å². The van der Waals surface area contributed by atoms with Crippen molar-refractivity contribution in [1.29, 1.82) is 0 Å². The number of pyridine rings is 1. The number of aromatic nitrogens is 1. The van der Waals surface area contributed by atoms with E-state index in [9.17, 15) is 4.79 Å². The molecule has 1 atom stereocenters. The Hall–Kier alpha value is -2.56. The molecule has 0 aliphatic heterocycles. The standard InChI is InChI=1S/C15H15N3O2/c16-14(17-20)13-6-3-7-18(15(13)19)9-11-8-10-4-1-2-5-12(10)11/h1-7,11,20H,8-9H2,(H2,16,17). The first kappa shape index (κ1) is 12.5. The summed E-state index contributed by atoms with van der Waals surface area (Å²) in [5, 5.41) is 11.6. The Labute approximate surface area is 116 Å². The van der Waals surface area contributed by atoms with Crippen molar-refractivity contribution in [3.63, 3.8) is 0 Å². The Morgan fingerprint density at radius 2 is 2.15 bits per heavy atom. The van der Waals surface area contributed by atoms with Crippen LogP contribution in [0.25, 0.3) is 0 Å². The highest BCUT2D eigenvalue weighted by molar-refractivity contribution is 5.96. The third-order valence-corrected chi connectivity index (χ3v) is 3.78. The van der Waals surface area contributed by atoms with Crippen molar-refractivity contribution < 1.29 is 5.21 Å². The summed E-state index contributed by atoms with van der Waals surface area (Å²) in [6.45, 7) is 0.613. The number of nitrogens with two attached hydrogens (primary N) is 1. The number of benzene rings is 1. The van der Waals surface area contributed by atoms with Crippen LogP contribution in [0.4, 0.5) is 0 Å². The van der Waals surface area contributed by atoms with Gasteiger partial charge in [-0.15, -0.1) is 0 Å². The van der Waals surface area contributed by atoms with Crippen LogP contribution in [0, 0.1) is 0 Å². The van der Waals surface area contributed by atoms with E-state index in [1.54, 1.807) is 22.9 Å². The summed E-state index contributed by atoms with van der Waals surface area (Å²) >= 11 is 0. The van der Waals surface area contributed by atoms with Gasteiger partial charge in [-0.25, -0.2) is 0 Å². The molecule has 2 aromatic rings. The number of nitrogens with zero attached hydrogens (tertiary/aromatic N) is 2. The second kappa shape index (κ2) is 4.85. The van der Waals surface area contributed by atoms with Crippen molar-refractivity contribution in [3.8, 4) is 0 Å². The molecule has 1 aromatic carbocycles. The molecule has 5 nitrogen and oxygen atoms in total. The number of hydrogen-bond acceptors (Lipinski definition) is 3. The SMILES string of the molecule is N/C(=N/O)c1cccn(CC2Cc3ccccc32)c1=O. The number of rotatable bonds is 3. The zero-order valence-corrected chi connectivity index (χ0v) is 10.9. The van der Waals surface area contributed by atoms with Crippen LogP contribution in [-0.2, 0) is 13.0 Å². The van der Waals surface area contributed by atoms with Crippen LogP contribution in [-0.4, -0.2) is 15.6 Å². The Bertz CT molecular complexity index is 734. The average molecular weight is 269 g/mol. The van der Waals surface area contributed by atoms with Gasteiger partial charge < -0.3 is 15.5 Å². The van der Waals surface area contributed by atoms with Crippen LogP contribution in [0.2, 0.25) is 0 Å². The second-order valence-corrected chi connectivity index (χ2v) is 4.96. The van der Waals surface area contributed by atoms with Crippen molar-refractivity contribution in [2.24, 2.45) is 10.9 Å². The van der Waals surface area contributed by atoms with Gasteiger partial charge in [0.2, 0.25) is 0 Å². The van der Waals surface area contributed by atoms with Crippen LogP contribution in [0.3, 0.4) is 0 Å². The number of fused-ring (bicyclic) bond motifs is 1. The fraction of sp³-hybridized carbons (Fsp3) is 0.200. The number of hydrogen-bond donors (Lipinski definition) is 2. The molecule has 0 radical (unpaired) electrons. The molecule has 1 aliphatic rings. The van der Waals surface area contributed by atoms with Crippen LogP contribution in [0.5, 0.6) is 0 Å². The third kappa shape index (κ3) is 1.97. The molecule has 1 heterocycles. The molecule has 0 spiro atoms. The fourth-order valence-corrected chi connectivity index (χ4v) is 2.69. The van der Waals surface area contributed by atoms with E-state index >= 15 is 0 Å². The monoisotopic (exact) mass is 269 g/mol. The van der Waals surface area contributed by atoms with Gasteiger partial charge in [-0.2, -0.15) is 0 Å². The van der Waals surface area contributed by atoms with Crippen LogP contribution >= 0.6 is 0 Å². The summed E-state index contributed by atoms with van der Waals surface area (Å²) in [4.78, 5) is 12.2. The first-order chi connectivity index (χ1) is 9.70. The summed E-state index contributed by atoms with van der Waals surface area (Å²) < 4.78 is 1.62. The lowest BCUT2D eigenvalue weighted by Gasteiger charge is -2.30. The molecule has 1 aromatic heterocycles. The molecular weight excluding hydrogens is 254 g/mol. The molecule has 0 fully saturated rings. The van der Waals surface area contributed by atoms with Gasteiger partial charge in [0, 0.05) is 18.7 Å². The minimum atomic E-state index is -0.229. The van der Waals surface area contributed by atoms with Crippen molar-refractivity contribution in [3.05, 3.63) is 69.6 Å². The van der Waals surface area contributed by atoms with E-state index in [0.717, 1.165) is 6.42 Å². The summed E-state index contributed by atoms with van der Waals surface area (Å²) in [6.07, 6.45) is 2.72. The topological polar surface area (TPSA) is 80.6 Å². The van der Waals surface area contributed by atoms with E-state index in [4.69, 9.17) is 10.9 Å². The second-order valence-electron chi connectivity index (χ2n) is 4.96. The first-order valence-corrected chi connectivity index (χ1v) is 6.46. The van der Waals surface area contributed by atoms with Gasteiger partial charge >= 0.3 is 0 Å². The van der Waals surface area contributed by atoms with Crippen molar-refractivity contribution in [1.82, 2.24) is 4.57 Å². The van der Waals surface area contributed by atoms with E-state index in [2.05, 4.69) is 17.3 Å². The predicted molar refractivity (Wildman–Crippen MR) is 76.1 cm³/mol. The maximum Gasteiger partial charge on any atom is 0.261 e. The van der Waals surface area contributed by atoms with Crippen molar-refractivity contribution in [2.45, 2.75) is 18.9 Å². The van der Waals surface area contributed by atoms with Crippen LogP contribution in [0.1, 0.15) is 22.6 Å². The molecule has 0 amide bonds. The van der Waals surface area contributed by atoms with Gasteiger partial charge in [-0.3, -0.25) is 4.79 Å². The Morgan fingerprint density at radius 3 is 2.90 bits per heavy atom. The van der Waals surface area contributed by atoms with Crippen LogP contribution in [0.15, 0.2) is 52.5 Å². The van der Waals surface area contributed by atoms with Crippen molar-refractivity contribution >= 4 is 5.84 Å². The van der Waals surface area contributed by atoms with E-state index in [1.807, 2.05) is 12.1 Å². The maximum atomic E-state index is 12.2. The highest BCUT2D eigenvalue weighted by Gasteiger charge is 2.26. The molecule has 0 bridgehead atoms. The average Bonchev–Trinajstić information content (AvgIpc) is 2.45. The zero-order chi connectivity index (χ0) is 14.1. The van der Waals surface area contributed by atoms with E-state index in [-0.39, 0.29) is 17.0 Å². The number of oxime groups is 1. The molecule has 5 heteroatoms. The largest absolute Gasteiger partial charge is 0.409 e. The number of amidine groups is 1. The van der Waals surface area contributed by atoms with Gasteiger partial charge in [0.15, 0.2) is 5.84 Å². The van der Waals surface area contributed by atoms with Gasteiger partial charge in [-0.1, -0.05) is 29.4 Å². The summed E-state index contributed by atoms with van der Waals surface area (Å²) in [6, 6.07) is 11.5. The van der Waals surface area contributed by atoms with Crippen LogP contribution < -0.4 is 11.3 Å². The summed E-state index contributed by atoms with van der Waals surface area (Å²) in [5.41, 5.74) is 8.14. The minimum Gasteiger partial charge on any atom is -0.409 e. The molecular formula is C15H15N3O2. The lowest BCUT2D eigenvalue weighted by Crippen LogP contribution is -2.33. The molecule has 3 N–H and O–H groups in total. The fourth-order valence-electron chi connectivity index (χ4n) is 2.69. The Kier molecular flexibility index (Phi) is 3.02. The molecule has 0 saturated carbocycles. The molecule has 3 rings (SSSR count). The molecule has 1 aliphatic carbocycles. The highest BCUT2D eigenvalue weighted by atomic mass is 16.4. The molecule has 1 unspecified atom stereocenters. The third-order valence-electron chi connectivity index (χ3n) is 3.78. The van der Waals surface area contributed by atoms with E-state index in [1.165, 1.54) is 11.1 Å². The van der Waals surface area contributed by atoms with Gasteiger partial charge in [0.25, 0.3) is 5.56 Å². The summed E-state index contributed by atoms with van der Waals surface area (Å²) in [7, 11) is 0. The molecule has 0 saturated heterocycles. The maximum absolute atomic E-state index is 12.2. The first-order valence-electron chi connectivity index (χ1n) is 6.46. The summed E-state index contributed by atoms with van der Waals surface area (Å²) in [5.74, 6) is 0.199. The predicted octanol–water partition coefficient (Wildman–Crippen LogP) is 1.28. The quantitative estimate of drug-likeness (QED) is 0.381. The smallest absolute Gasteiger partial charge is 0.261 e. The zero-order valence-electron chi connectivity index (χ0n) is 10.9. The lowest BCUT2D eigenvalue weighted by atomic mass is 9.77. The van der Waals surface area contributed by atoms with E-state index < -0.39 is 0 Å². The Morgan fingerprint density at radius 1 is 1.35 bits per heavy atom. The molecule has 102 valence electrons. The minimum absolute atomic E-state index is 0.154. The molecule has 20 heavy (non-hydrogen) atoms. The lowest BCUT2D eigenvalue weighted by molar-refractivity contribution is 0.318. The normalized spacial score (nSPS) is 17.4. The van der Waals surface area contributed by atoms with Crippen molar-refractivity contribution in [2.75, 3.05) is 0 Å². The van der Waals surface area contributed by atoms with E-state index in [0.29, 0.717) is 12.5 Å². The van der Waals surface area contributed by atoms with Gasteiger partial charge in [0.1, 0.15) is 0 Å².